The molecule has 0 aromatic carbocycles. The van der Waals surface area contributed by atoms with Gasteiger partial charge in [-0.1, -0.05) is 29.4 Å². The summed E-state index contributed by atoms with van der Waals surface area (Å²) in [4.78, 5) is 0. The van der Waals surface area contributed by atoms with Crippen LogP contribution in [0.25, 0.3) is 0 Å². The zero-order valence-corrected chi connectivity index (χ0v) is 8.89. The number of hydrogen-bond acceptors (Lipinski definition) is 3. The largest absolute Gasteiger partial charge is 0.396 e. The van der Waals surface area contributed by atoms with Crippen LogP contribution >= 0.6 is 15.9 Å². The van der Waals surface area contributed by atoms with Gasteiger partial charge in [-0.05, 0) is 0 Å². The fourth-order valence-electron chi connectivity index (χ4n) is 0.662. The molecular formula is C8H16BrNO2. The molecule has 0 fully saturated rings. The van der Waals surface area contributed by atoms with E-state index in [0.29, 0.717) is 13.1 Å². The minimum absolute atomic E-state index is 0.0226. The summed E-state index contributed by atoms with van der Waals surface area (Å²) in [5, 5.41) is 20.9. The molecule has 12 heavy (non-hydrogen) atoms. The molecule has 4 heteroatoms. The number of aliphatic hydroxyl groups is 2. The van der Waals surface area contributed by atoms with E-state index in [4.69, 9.17) is 10.2 Å². The van der Waals surface area contributed by atoms with E-state index in [2.05, 4.69) is 27.8 Å². The third kappa shape index (κ3) is 4.87. The zero-order chi connectivity index (χ0) is 9.61. The van der Waals surface area contributed by atoms with Crippen LogP contribution in [0.3, 0.4) is 0 Å². The van der Waals surface area contributed by atoms with Crippen LogP contribution in [0.1, 0.15) is 6.92 Å². The molecule has 0 amide bonds. The maximum Gasteiger partial charge on any atom is 0.0518 e. The molecule has 0 radical (unpaired) electrons. The van der Waals surface area contributed by atoms with Crippen LogP contribution in [-0.2, 0) is 0 Å². The molecule has 0 bridgehead atoms. The summed E-state index contributed by atoms with van der Waals surface area (Å²) in [7, 11) is 0. The van der Waals surface area contributed by atoms with Gasteiger partial charge in [0.15, 0.2) is 0 Å². The lowest BCUT2D eigenvalue weighted by Gasteiger charge is -2.24. The molecule has 0 aliphatic rings. The van der Waals surface area contributed by atoms with Gasteiger partial charge in [-0.25, -0.2) is 0 Å². The van der Waals surface area contributed by atoms with Crippen molar-refractivity contribution in [3.8, 4) is 0 Å². The first-order valence-corrected chi connectivity index (χ1v) is 4.59. The second kappa shape index (κ2) is 5.70. The summed E-state index contributed by atoms with van der Waals surface area (Å²) in [5.74, 6) is 0. The molecular weight excluding hydrogens is 222 g/mol. The summed E-state index contributed by atoms with van der Waals surface area (Å²) < 4.78 is 0.862. The molecule has 0 unspecified atom stereocenters. The fourth-order valence-corrected chi connectivity index (χ4v) is 0.860. The highest BCUT2D eigenvalue weighted by Crippen LogP contribution is 2.12. The van der Waals surface area contributed by atoms with E-state index in [1.165, 1.54) is 0 Å². The number of aliphatic hydroxyl groups excluding tert-OH is 2. The van der Waals surface area contributed by atoms with Gasteiger partial charge in [0.1, 0.15) is 0 Å². The van der Waals surface area contributed by atoms with Crippen LogP contribution in [0.4, 0.5) is 0 Å². The van der Waals surface area contributed by atoms with Gasteiger partial charge >= 0.3 is 0 Å². The highest BCUT2D eigenvalue weighted by atomic mass is 79.9. The van der Waals surface area contributed by atoms with Crippen LogP contribution in [0.15, 0.2) is 11.1 Å². The van der Waals surface area contributed by atoms with Crippen molar-refractivity contribution in [2.24, 2.45) is 5.41 Å². The predicted octanol–water partition coefficient (Wildman–Crippen LogP) is 0.475. The molecule has 0 aliphatic heterocycles. The molecule has 0 rings (SSSR count). The van der Waals surface area contributed by atoms with Crippen molar-refractivity contribution in [1.29, 1.82) is 0 Å². The minimum Gasteiger partial charge on any atom is -0.396 e. The summed E-state index contributed by atoms with van der Waals surface area (Å²) in [6.45, 7) is 6.65. The van der Waals surface area contributed by atoms with E-state index < -0.39 is 5.41 Å². The lowest BCUT2D eigenvalue weighted by atomic mass is 9.93. The van der Waals surface area contributed by atoms with Crippen LogP contribution < -0.4 is 5.32 Å². The standard InChI is InChI=1S/C8H16BrNO2/c1-7(9)3-10-4-8(2,5-11)6-12/h10-12H,1,3-6H2,2H3. The van der Waals surface area contributed by atoms with Gasteiger partial charge in [-0.3, -0.25) is 0 Å². The molecule has 3 N–H and O–H groups in total. The van der Waals surface area contributed by atoms with Crippen molar-refractivity contribution < 1.29 is 10.2 Å². The maximum atomic E-state index is 8.92. The van der Waals surface area contributed by atoms with Crippen molar-refractivity contribution in [2.45, 2.75) is 6.92 Å². The Kier molecular flexibility index (Phi) is 5.74. The van der Waals surface area contributed by atoms with E-state index in [-0.39, 0.29) is 13.2 Å². The molecule has 0 atom stereocenters. The Hall–Kier alpha value is 0.1000. The van der Waals surface area contributed by atoms with Gasteiger partial charge in [0.2, 0.25) is 0 Å². The van der Waals surface area contributed by atoms with Crippen LogP contribution in [0.2, 0.25) is 0 Å². The maximum absolute atomic E-state index is 8.92. The Morgan fingerprint density at radius 2 is 2.00 bits per heavy atom. The van der Waals surface area contributed by atoms with Gasteiger partial charge < -0.3 is 15.5 Å². The molecule has 0 aliphatic carbocycles. The Balaban J connectivity index is 3.65. The summed E-state index contributed by atoms with van der Waals surface area (Å²) >= 11 is 3.20. The predicted molar refractivity (Wildman–Crippen MR) is 53.2 cm³/mol. The molecule has 0 aromatic rings. The number of halogens is 1. The Morgan fingerprint density at radius 3 is 2.33 bits per heavy atom. The third-order valence-corrected chi connectivity index (χ3v) is 1.91. The lowest BCUT2D eigenvalue weighted by Crippen LogP contribution is -2.38. The Bertz CT molecular complexity index is 146. The van der Waals surface area contributed by atoms with E-state index >= 15 is 0 Å². The first-order chi connectivity index (χ1) is 5.54. The third-order valence-electron chi connectivity index (χ3n) is 1.63. The number of rotatable bonds is 6. The fraction of sp³-hybridized carbons (Fsp3) is 0.750. The van der Waals surface area contributed by atoms with E-state index in [1.807, 2.05) is 6.92 Å². The minimum atomic E-state index is -0.442. The molecule has 0 spiro atoms. The van der Waals surface area contributed by atoms with Crippen LogP contribution in [0, 0.1) is 5.41 Å². The SMILES string of the molecule is C=C(Br)CNCC(C)(CO)CO. The normalized spacial score (nSPS) is 11.7. The Labute approximate surface area is 81.6 Å². The van der Waals surface area contributed by atoms with Gasteiger partial charge in [-0.2, -0.15) is 0 Å². The van der Waals surface area contributed by atoms with Crippen LogP contribution in [-0.4, -0.2) is 36.5 Å². The Morgan fingerprint density at radius 1 is 1.50 bits per heavy atom. The molecule has 72 valence electrons. The summed E-state index contributed by atoms with van der Waals surface area (Å²) in [5.41, 5.74) is -0.442. The van der Waals surface area contributed by atoms with Gasteiger partial charge in [0.05, 0.1) is 13.2 Å². The van der Waals surface area contributed by atoms with Crippen molar-refractivity contribution in [2.75, 3.05) is 26.3 Å². The van der Waals surface area contributed by atoms with E-state index in [1.54, 1.807) is 0 Å². The van der Waals surface area contributed by atoms with Crippen molar-refractivity contribution >= 4 is 15.9 Å². The average molecular weight is 238 g/mol. The monoisotopic (exact) mass is 237 g/mol. The molecule has 0 heterocycles. The van der Waals surface area contributed by atoms with Gasteiger partial charge in [0.25, 0.3) is 0 Å². The van der Waals surface area contributed by atoms with E-state index in [9.17, 15) is 0 Å². The van der Waals surface area contributed by atoms with Crippen molar-refractivity contribution in [3.05, 3.63) is 11.1 Å². The van der Waals surface area contributed by atoms with E-state index in [0.717, 1.165) is 4.48 Å². The first kappa shape index (κ1) is 12.1. The van der Waals surface area contributed by atoms with Gasteiger partial charge in [0, 0.05) is 23.0 Å². The highest BCUT2D eigenvalue weighted by molar-refractivity contribution is 9.11. The first-order valence-electron chi connectivity index (χ1n) is 3.80. The molecule has 0 aromatic heterocycles. The summed E-state index contributed by atoms with van der Waals surface area (Å²) in [6, 6.07) is 0. The van der Waals surface area contributed by atoms with Crippen molar-refractivity contribution in [3.63, 3.8) is 0 Å². The number of hydrogen-bond donors (Lipinski definition) is 3. The quantitative estimate of drug-likeness (QED) is 0.630. The molecule has 0 saturated heterocycles. The second-order valence-electron chi connectivity index (χ2n) is 3.25. The second-order valence-corrected chi connectivity index (χ2v) is 4.37. The lowest BCUT2D eigenvalue weighted by molar-refractivity contribution is 0.0706. The van der Waals surface area contributed by atoms with Gasteiger partial charge in [-0.15, -0.1) is 0 Å². The average Bonchev–Trinajstić information content (AvgIpc) is 2.03. The summed E-state index contributed by atoms with van der Waals surface area (Å²) in [6.07, 6.45) is 0. The smallest absolute Gasteiger partial charge is 0.0518 e. The molecule has 0 saturated carbocycles. The van der Waals surface area contributed by atoms with Crippen molar-refractivity contribution in [1.82, 2.24) is 5.32 Å². The zero-order valence-electron chi connectivity index (χ0n) is 7.31. The molecule has 3 nitrogen and oxygen atoms in total. The topological polar surface area (TPSA) is 52.5 Å². The highest BCUT2D eigenvalue weighted by Gasteiger charge is 2.21. The van der Waals surface area contributed by atoms with Crippen LogP contribution in [0.5, 0.6) is 0 Å². The number of nitrogens with one attached hydrogen (secondary N) is 1.